The van der Waals surface area contributed by atoms with E-state index in [0.29, 0.717) is 0 Å². The Hall–Kier alpha value is -10.9. The molecule has 0 spiro atoms. The van der Waals surface area contributed by atoms with Gasteiger partial charge in [-0.05, 0) is 224 Å². The van der Waals surface area contributed by atoms with Crippen molar-refractivity contribution in [1.82, 2.24) is 0 Å². The van der Waals surface area contributed by atoms with Gasteiger partial charge < -0.3 is 0 Å². The van der Waals surface area contributed by atoms with Gasteiger partial charge >= 0.3 is 0 Å². The molecule has 14 aromatic carbocycles. The molecule has 0 bridgehead atoms. The van der Waals surface area contributed by atoms with Gasteiger partial charge in [-0.2, -0.15) is 0 Å². The molecule has 0 aromatic heterocycles. The van der Waals surface area contributed by atoms with E-state index in [1.54, 1.807) is 0 Å². The van der Waals surface area contributed by atoms with Gasteiger partial charge in [-0.3, -0.25) is 0 Å². The molecule has 1 aliphatic rings. The van der Waals surface area contributed by atoms with Crippen LogP contribution in [0.25, 0.3) is 122 Å². The van der Waals surface area contributed by atoms with E-state index in [1.807, 2.05) is 0 Å². The van der Waals surface area contributed by atoms with Crippen molar-refractivity contribution in [3.63, 3.8) is 0 Å². The number of benzene rings is 14. The third-order valence-corrected chi connectivity index (χ3v) is 17.6. The summed E-state index contributed by atoms with van der Waals surface area (Å²) in [6.07, 6.45) is 0. The molecule has 0 radical (unpaired) electrons. The highest BCUT2D eigenvalue weighted by Crippen LogP contribution is 2.61. The van der Waals surface area contributed by atoms with Gasteiger partial charge in [0.05, 0.1) is 5.41 Å². The first-order valence-corrected chi connectivity index (χ1v) is 29.9. The Balaban J connectivity index is 1.07. The highest BCUT2D eigenvalue weighted by Gasteiger charge is 2.48. The van der Waals surface area contributed by atoms with Crippen LogP contribution in [0.2, 0.25) is 0 Å². The minimum atomic E-state index is -0.860. The number of hydrogen-bond acceptors (Lipinski definition) is 0. The molecule has 0 unspecified atom stereocenters. The van der Waals surface area contributed by atoms with Crippen LogP contribution in [0.3, 0.4) is 0 Å². The predicted octanol–water partition coefficient (Wildman–Crippen LogP) is 23.0. The normalized spacial score (nSPS) is 12.1. The van der Waals surface area contributed by atoms with Crippen LogP contribution in [-0.4, -0.2) is 0 Å². The third-order valence-electron chi connectivity index (χ3n) is 17.6. The average Bonchev–Trinajstić information content (AvgIpc) is 1.52. The summed E-state index contributed by atoms with van der Waals surface area (Å²) >= 11 is 0. The molecule has 86 heavy (non-hydrogen) atoms. The molecule has 404 valence electrons. The fourth-order valence-electron chi connectivity index (χ4n) is 13.5. The quantitative estimate of drug-likeness (QED) is 0.114. The molecule has 0 amide bonds. The largest absolute Gasteiger partial charge is 0.0714 e. The summed E-state index contributed by atoms with van der Waals surface area (Å²) in [5, 5.41) is 0. The van der Waals surface area contributed by atoms with Gasteiger partial charge in [0.15, 0.2) is 0 Å². The molecule has 0 saturated heterocycles. The minimum absolute atomic E-state index is 0.860. The lowest BCUT2D eigenvalue weighted by atomic mass is 9.65. The maximum atomic E-state index is 2.52. The highest BCUT2D eigenvalue weighted by molar-refractivity contribution is 5.99. The molecular formula is C86H60. The van der Waals surface area contributed by atoms with Crippen LogP contribution < -0.4 is 0 Å². The molecule has 0 nitrogen and oxygen atoms in total. The van der Waals surface area contributed by atoms with Crippen LogP contribution in [0.5, 0.6) is 0 Å². The van der Waals surface area contributed by atoms with Crippen molar-refractivity contribution in [2.45, 2.75) is 12.3 Å². The van der Waals surface area contributed by atoms with Crippen molar-refractivity contribution in [2.75, 3.05) is 0 Å². The smallest absolute Gasteiger partial charge is 0.0622 e. The lowest BCUT2D eigenvalue weighted by molar-refractivity contribution is 0.769. The van der Waals surface area contributed by atoms with Gasteiger partial charge in [0.1, 0.15) is 0 Å². The predicted molar refractivity (Wildman–Crippen MR) is 363 cm³/mol. The van der Waals surface area contributed by atoms with Gasteiger partial charge in [-0.25, -0.2) is 0 Å². The first-order valence-electron chi connectivity index (χ1n) is 29.9. The molecule has 0 aliphatic heterocycles. The summed E-state index contributed by atoms with van der Waals surface area (Å²) in [5.41, 5.74) is 31.3. The van der Waals surface area contributed by atoms with Crippen LogP contribution in [0.4, 0.5) is 0 Å². The first-order chi connectivity index (χ1) is 42.5. The van der Waals surface area contributed by atoms with Crippen LogP contribution >= 0.6 is 0 Å². The summed E-state index contributed by atoms with van der Waals surface area (Å²) in [5.74, 6) is 0. The number of hydrogen-bond donors (Lipinski definition) is 0. The van der Waals surface area contributed by atoms with Crippen molar-refractivity contribution in [1.29, 1.82) is 0 Å². The maximum Gasteiger partial charge on any atom is 0.0714 e. The zero-order chi connectivity index (χ0) is 57.4. The lowest BCUT2D eigenvalue weighted by Crippen LogP contribution is -2.29. The Kier molecular flexibility index (Phi) is 13.5. The Bertz CT molecular complexity index is 4370. The molecule has 0 N–H and O–H groups in total. The molecule has 15 rings (SSSR count). The SMILES string of the molecule is Cc1cccc2c1-c1c(-c3cccc(-c4ccccc4)c3)cccc1C2(c1cc(-c2cccc(-c3ccccc3)c2)cc(-c2cccc(-c3ccccc3)c2)c1)c1cc(-c2cccc(-c3ccccc3)c2)cc(-c2cccc(-c3ccccc3)c2)c1. The second-order valence-electron chi connectivity index (χ2n) is 22.8. The monoisotopic (exact) mass is 1090 g/mol. The second-order valence-corrected chi connectivity index (χ2v) is 22.8. The second kappa shape index (κ2) is 22.3. The topological polar surface area (TPSA) is 0 Å². The van der Waals surface area contributed by atoms with E-state index >= 15 is 0 Å². The van der Waals surface area contributed by atoms with Crippen molar-refractivity contribution in [2.24, 2.45) is 0 Å². The number of aryl methyl sites for hydroxylation is 1. The van der Waals surface area contributed by atoms with Gasteiger partial charge in [-0.1, -0.05) is 279 Å². The fourth-order valence-corrected chi connectivity index (χ4v) is 13.5. The standard InChI is InChI=1S/C86H60/c1-59-24-17-46-82-84(59)85-81(74-44-22-39-69(52-74)64-33-15-6-16-34-64)45-23-47-83(85)86(82,79-55-75(70-40-18-35-65(48-70)60-25-7-2-8-26-60)53-76(56-79)71-41-19-36-66(49-71)61-27-9-3-10-28-61)80-57-77(72-42-20-37-67(50-72)62-29-11-4-12-30-62)54-78(58-80)73-43-21-38-68(51-73)63-31-13-5-14-32-63/h2-58H,1H3. The van der Waals surface area contributed by atoms with Crippen molar-refractivity contribution in [3.05, 3.63) is 374 Å². The van der Waals surface area contributed by atoms with Gasteiger partial charge in [0.25, 0.3) is 0 Å². The molecule has 0 atom stereocenters. The number of fused-ring (bicyclic) bond motifs is 3. The molecule has 0 heterocycles. The van der Waals surface area contributed by atoms with Crippen molar-refractivity contribution >= 4 is 0 Å². The summed E-state index contributed by atoms with van der Waals surface area (Å²) in [7, 11) is 0. The Labute approximate surface area is 505 Å². The van der Waals surface area contributed by atoms with E-state index in [-0.39, 0.29) is 0 Å². The molecule has 0 fully saturated rings. The van der Waals surface area contributed by atoms with Crippen LogP contribution in [0.15, 0.2) is 346 Å². The van der Waals surface area contributed by atoms with E-state index in [0.717, 1.165) is 44.5 Å². The van der Waals surface area contributed by atoms with Crippen LogP contribution in [-0.2, 0) is 5.41 Å². The fraction of sp³-hybridized carbons (Fsp3) is 0.0233. The summed E-state index contributed by atoms with van der Waals surface area (Å²) < 4.78 is 0. The van der Waals surface area contributed by atoms with E-state index in [2.05, 4.69) is 353 Å². The molecule has 0 heteroatoms. The van der Waals surface area contributed by atoms with Crippen LogP contribution in [0, 0.1) is 6.92 Å². The summed E-state index contributed by atoms with van der Waals surface area (Å²) in [6, 6.07) is 129. The Morgan fingerprint density at radius 2 is 0.407 bits per heavy atom. The molecular weight excluding hydrogens is 1030 g/mol. The van der Waals surface area contributed by atoms with E-state index < -0.39 is 5.41 Å². The minimum Gasteiger partial charge on any atom is -0.0622 e. The molecule has 0 saturated carbocycles. The first kappa shape index (κ1) is 51.9. The Morgan fingerprint density at radius 1 is 0.174 bits per heavy atom. The lowest BCUT2D eigenvalue weighted by Gasteiger charge is -2.36. The van der Waals surface area contributed by atoms with E-state index in [4.69, 9.17) is 0 Å². The van der Waals surface area contributed by atoms with Gasteiger partial charge in [-0.15, -0.1) is 0 Å². The summed E-state index contributed by atoms with van der Waals surface area (Å²) in [4.78, 5) is 0. The third kappa shape index (κ3) is 9.58. The van der Waals surface area contributed by atoms with E-state index in [1.165, 1.54) is 106 Å². The van der Waals surface area contributed by atoms with Crippen LogP contribution in [0.1, 0.15) is 27.8 Å². The van der Waals surface area contributed by atoms with E-state index in [9.17, 15) is 0 Å². The zero-order valence-electron chi connectivity index (χ0n) is 47.9. The highest BCUT2D eigenvalue weighted by atomic mass is 14.5. The molecule has 14 aromatic rings. The average molecular weight is 1090 g/mol. The van der Waals surface area contributed by atoms with Gasteiger partial charge in [0, 0.05) is 0 Å². The maximum absolute atomic E-state index is 2.52. The van der Waals surface area contributed by atoms with Crippen molar-refractivity contribution < 1.29 is 0 Å². The molecule has 1 aliphatic carbocycles. The Morgan fingerprint density at radius 3 is 0.733 bits per heavy atom. The zero-order valence-corrected chi connectivity index (χ0v) is 47.9. The summed E-state index contributed by atoms with van der Waals surface area (Å²) in [6.45, 7) is 2.31. The van der Waals surface area contributed by atoms with Gasteiger partial charge in [0.2, 0.25) is 0 Å². The van der Waals surface area contributed by atoms with Crippen molar-refractivity contribution in [3.8, 4) is 122 Å². The number of rotatable bonds is 12.